The summed E-state index contributed by atoms with van der Waals surface area (Å²) in [6, 6.07) is 0. The van der Waals surface area contributed by atoms with Crippen LogP contribution in [0.1, 0.15) is 12.8 Å². The number of rotatable bonds is 4. The fourth-order valence-electron chi connectivity index (χ4n) is 1.66. The van der Waals surface area contributed by atoms with Crippen LogP contribution in [-0.2, 0) is 0 Å². The molecule has 0 saturated heterocycles. The summed E-state index contributed by atoms with van der Waals surface area (Å²) in [6.45, 7) is 0. The Hall–Kier alpha value is -2.13. The van der Waals surface area contributed by atoms with Crippen LogP contribution in [-0.4, -0.2) is 33.7 Å². The van der Waals surface area contributed by atoms with Gasteiger partial charge in [0.1, 0.15) is 11.9 Å². The molecule has 0 radical (unpaired) electrons. The van der Waals surface area contributed by atoms with Crippen molar-refractivity contribution in [3.63, 3.8) is 0 Å². The summed E-state index contributed by atoms with van der Waals surface area (Å²) in [5.74, 6) is -0.570. The van der Waals surface area contributed by atoms with Gasteiger partial charge in [-0.2, -0.15) is 13.2 Å². The van der Waals surface area contributed by atoms with Gasteiger partial charge in [0, 0.05) is 7.05 Å². The molecule has 2 rings (SSSR count). The Bertz CT molecular complexity index is 515. The molecular weight excluding hydrogens is 267 g/mol. The van der Waals surface area contributed by atoms with Gasteiger partial charge < -0.3 is 10.6 Å². The number of hydrogen-bond acceptors (Lipinski definition) is 6. The first kappa shape index (κ1) is 13.3. The third-order valence-corrected chi connectivity index (χ3v) is 2.89. The van der Waals surface area contributed by atoms with Crippen molar-refractivity contribution in [1.29, 1.82) is 0 Å². The molecule has 0 spiro atoms. The summed E-state index contributed by atoms with van der Waals surface area (Å²) in [7, 11) is 1.38. The highest BCUT2D eigenvalue weighted by molar-refractivity contribution is 5.70. The number of halogens is 3. The molecule has 1 aliphatic rings. The lowest BCUT2D eigenvalue weighted by molar-refractivity contribution is -0.383. The minimum atomic E-state index is -4.48. The second kappa shape index (κ2) is 4.21. The molecule has 1 saturated carbocycles. The normalized spacial score (nSPS) is 16.8. The van der Waals surface area contributed by atoms with Crippen LogP contribution in [0.25, 0.3) is 0 Å². The monoisotopic (exact) mass is 277 g/mol. The zero-order valence-electron chi connectivity index (χ0n) is 9.78. The second-order valence-electron chi connectivity index (χ2n) is 4.13. The number of nitrogens with zero attached hydrogens (tertiary/aromatic N) is 3. The number of nitrogens with one attached hydrogen (secondary N) is 2. The summed E-state index contributed by atoms with van der Waals surface area (Å²) in [5.41, 5.74) is -2.71. The Morgan fingerprint density at radius 1 is 1.37 bits per heavy atom. The molecule has 0 bridgehead atoms. The second-order valence-corrected chi connectivity index (χ2v) is 4.13. The zero-order chi connectivity index (χ0) is 14.3. The van der Waals surface area contributed by atoms with E-state index in [1.165, 1.54) is 7.05 Å². The van der Waals surface area contributed by atoms with Crippen LogP contribution in [0.15, 0.2) is 6.33 Å². The fraction of sp³-hybridized carbons (Fsp3) is 0.556. The summed E-state index contributed by atoms with van der Waals surface area (Å²) in [4.78, 5) is 17.3. The summed E-state index contributed by atoms with van der Waals surface area (Å²) >= 11 is 0. The molecule has 19 heavy (non-hydrogen) atoms. The predicted molar refractivity (Wildman–Crippen MR) is 59.9 cm³/mol. The van der Waals surface area contributed by atoms with E-state index in [-0.39, 0.29) is 18.7 Å². The Morgan fingerprint density at radius 2 is 1.95 bits per heavy atom. The standard InChI is InChI=1S/C9H10F3N5O2/c1-13-6-5(17(18)19)7(15-4-14-6)16-8(2-3-8)9(10,11)12/h4H,2-3H2,1H3,(H2,13,14,15,16). The first-order valence-corrected chi connectivity index (χ1v) is 5.33. The minimum absolute atomic E-state index is 0.132. The number of hydrogen-bond donors (Lipinski definition) is 2. The molecule has 1 fully saturated rings. The maximum Gasteiger partial charge on any atom is 0.411 e. The molecule has 1 aromatic heterocycles. The van der Waals surface area contributed by atoms with Crippen LogP contribution in [0, 0.1) is 10.1 Å². The van der Waals surface area contributed by atoms with Crippen molar-refractivity contribution >= 4 is 17.3 Å². The van der Waals surface area contributed by atoms with Gasteiger partial charge in [-0.1, -0.05) is 0 Å². The Balaban J connectivity index is 2.39. The highest BCUT2D eigenvalue weighted by Crippen LogP contribution is 2.52. The van der Waals surface area contributed by atoms with Crippen LogP contribution in [0.3, 0.4) is 0 Å². The maximum absolute atomic E-state index is 12.8. The number of alkyl halides is 3. The van der Waals surface area contributed by atoms with Crippen LogP contribution >= 0.6 is 0 Å². The van der Waals surface area contributed by atoms with E-state index in [4.69, 9.17) is 0 Å². The molecule has 104 valence electrons. The van der Waals surface area contributed by atoms with Crippen molar-refractivity contribution in [2.45, 2.75) is 24.6 Å². The van der Waals surface area contributed by atoms with E-state index in [1.54, 1.807) is 0 Å². The van der Waals surface area contributed by atoms with E-state index in [2.05, 4.69) is 20.6 Å². The van der Waals surface area contributed by atoms with E-state index in [0.717, 1.165) is 6.33 Å². The van der Waals surface area contributed by atoms with E-state index in [1.807, 2.05) is 0 Å². The number of anilines is 2. The third kappa shape index (κ3) is 2.25. The van der Waals surface area contributed by atoms with Crippen molar-refractivity contribution in [3.8, 4) is 0 Å². The van der Waals surface area contributed by atoms with E-state index in [9.17, 15) is 23.3 Å². The van der Waals surface area contributed by atoms with Crippen molar-refractivity contribution in [2.24, 2.45) is 0 Å². The smallest absolute Gasteiger partial charge is 0.367 e. The molecule has 0 aliphatic heterocycles. The summed E-state index contributed by atoms with van der Waals surface area (Å²) < 4.78 is 38.4. The Morgan fingerprint density at radius 3 is 2.37 bits per heavy atom. The predicted octanol–water partition coefficient (Wildman–Crippen LogP) is 1.93. The van der Waals surface area contributed by atoms with E-state index < -0.39 is 28.1 Å². The topological polar surface area (TPSA) is 93.0 Å². The average molecular weight is 277 g/mol. The largest absolute Gasteiger partial charge is 0.411 e. The molecule has 7 nitrogen and oxygen atoms in total. The molecule has 1 aromatic rings. The van der Waals surface area contributed by atoms with Gasteiger partial charge in [0.25, 0.3) is 0 Å². The minimum Gasteiger partial charge on any atom is -0.367 e. The molecule has 0 atom stereocenters. The van der Waals surface area contributed by atoms with Crippen molar-refractivity contribution < 1.29 is 18.1 Å². The van der Waals surface area contributed by atoms with Crippen molar-refractivity contribution in [3.05, 3.63) is 16.4 Å². The fourth-order valence-corrected chi connectivity index (χ4v) is 1.66. The van der Waals surface area contributed by atoms with Gasteiger partial charge in [0.05, 0.1) is 4.92 Å². The summed E-state index contributed by atoms with van der Waals surface area (Å²) in [5, 5.41) is 15.5. The molecule has 10 heteroatoms. The maximum atomic E-state index is 12.8. The van der Waals surface area contributed by atoms with Crippen molar-refractivity contribution in [1.82, 2.24) is 9.97 Å². The summed E-state index contributed by atoms with van der Waals surface area (Å²) in [6.07, 6.45) is -3.78. The van der Waals surface area contributed by atoms with Crippen LogP contribution in [0.5, 0.6) is 0 Å². The van der Waals surface area contributed by atoms with Gasteiger partial charge in [-0.15, -0.1) is 0 Å². The lowest BCUT2D eigenvalue weighted by atomic mass is 10.2. The quantitative estimate of drug-likeness (QED) is 0.645. The SMILES string of the molecule is CNc1ncnc(NC2(C(F)(F)F)CC2)c1[N+](=O)[O-]. The van der Waals surface area contributed by atoms with Crippen LogP contribution in [0.4, 0.5) is 30.5 Å². The third-order valence-electron chi connectivity index (χ3n) is 2.89. The average Bonchev–Trinajstić information content (AvgIpc) is 3.08. The molecule has 0 amide bonds. The molecule has 1 aliphatic carbocycles. The van der Waals surface area contributed by atoms with Gasteiger partial charge in [0.2, 0.25) is 11.6 Å². The Labute approximate surface area is 105 Å². The lowest BCUT2D eigenvalue weighted by Gasteiger charge is -2.21. The van der Waals surface area contributed by atoms with Crippen LogP contribution in [0.2, 0.25) is 0 Å². The molecular formula is C9H10F3N5O2. The first-order valence-electron chi connectivity index (χ1n) is 5.33. The highest BCUT2D eigenvalue weighted by atomic mass is 19.4. The Kier molecular flexibility index (Phi) is 2.95. The van der Waals surface area contributed by atoms with Crippen LogP contribution < -0.4 is 10.6 Å². The molecule has 0 aromatic carbocycles. The van der Waals surface area contributed by atoms with Gasteiger partial charge in [-0.25, -0.2) is 9.97 Å². The van der Waals surface area contributed by atoms with Gasteiger partial charge >= 0.3 is 11.9 Å². The number of nitro groups is 1. The van der Waals surface area contributed by atoms with E-state index >= 15 is 0 Å². The molecule has 1 heterocycles. The molecule has 0 unspecified atom stereocenters. The zero-order valence-corrected chi connectivity index (χ0v) is 9.78. The van der Waals surface area contributed by atoms with Gasteiger partial charge in [-0.3, -0.25) is 10.1 Å². The van der Waals surface area contributed by atoms with Gasteiger partial charge in [-0.05, 0) is 12.8 Å². The molecule has 2 N–H and O–H groups in total. The highest BCUT2D eigenvalue weighted by Gasteiger charge is 2.64. The van der Waals surface area contributed by atoms with E-state index in [0.29, 0.717) is 0 Å². The number of aromatic nitrogens is 2. The first-order chi connectivity index (χ1) is 8.81. The van der Waals surface area contributed by atoms with Gasteiger partial charge in [0.15, 0.2) is 0 Å². The lowest BCUT2D eigenvalue weighted by Crippen LogP contribution is -2.39. The van der Waals surface area contributed by atoms with Crippen molar-refractivity contribution in [2.75, 3.05) is 17.7 Å².